The first-order chi connectivity index (χ1) is 7.24. The predicted octanol–water partition coefficient (Wildman–Crippen LogP) is -0.132. The van der Waals surface area contributed by atoms with Gasteiger partial charge in [-0.15, -0.1) is 0 Å². The summed E-state index contributed by atoms with van der Waals surface area (Å²) < 4.78 is 10.6. The van der Waals surface area contributed by atoms with Crippen LogP contribution in [0.4, 0.5) is 0 Å². The molecule has 4 heteroatoms. The Bertz CT molecular complexity index is 314. The van der Waals surface area contributed by atoms with Crippen LogP contribution >= 0.6 is 0 Å². The van der Waals surface area contributed by atoms with Crippen LogP contribution in [0.3, 0.4) is 0 Å². The van der Waals surface area contributed by atoms with Crippen LogP contribution in [0.25, 0.3) is 0 Å². The molecule has 0 unspecified atom stereocenters. The molecule has 1 saturated heterocycles. The maximum atomic E-state index is 9.18. The number of hydrogen-bond acceptors (Lipinski definition) is 3. The van der Waals surface area contributed by atoms with Gasteiger partial charge in [-0.05, 0) is 12.1 Å². The van der Waals surface area contributed by atoms with Crippen LogP contribution in [-0.4, -0.2) is 39.4 Å². The van der Waals surface area contributed by atoms with Crippen molar-refractivity contribution in [1.82, 2.24) is 0 Å². The van der Waals surface area contributed by atoms with Crippen LogP contribution in [0.5, 0.6) is 5.75 Å². The van der Waals surface area contributed by atoms with Gasteiger partial charge in [0.2, 0.25) is 0 Å². The zero-order valence-corrected chi connectivity index (χ0v) is 8.48. The Morgan fingerprint density at radius 1 is 1.33 bits per heavy atom. The van der Waals surface area contributed by atoms with Gasteiger partial charge in [-0.25, -0.2) is 0 Å². The second-order valence-corrected chi connectivity index (χ2v) is 4.01. The number of rotatable bonds is 4. The average Bonchev–Trinajstić information content (AvgIpc) is 2.20. The summed E-state index contributed by atoms with van der Waals surface area (Å²) in [6, 6.07) is 7.22. The van der Waals surface area contributed by atoms with Gasteiger partial charge in [-0.3, -0.25) is 0 Å². The lowest BCUT2D eigenvalue weighted by atomic mass is 9.88. The van der Waals surface area contributed by atoms with E-state index in [0.717, 1.165) is 5.75 Å². The summed E-state index contributed by atoms with van der Waals surface area (Å²) in [5.74, 6) is 0.768. The summed E-state index contributed by atoms with van der Waals surface area (Å²) in [6.07, 6.45) is 0. The minimum Gasteiger partial charge on any atom is -0.493 e. The molecular weight excluding hydrogens is 191 g/mol. The second kappa shape index (κ2) is 4.25. The molecule has 1 N–H and O–H groups in total. The highest BCUT2D eigenvalue weighted by Crippen LogP contribution is 2.27. The highest BCUT2D eigenvalue weighted by atomic mass is 16.5. The van der Waals surface area contributed by atoms with Crippen molar-refractivity contribution >= 4 is 13.3 Å². The maximum absolute atomic E-state index is 9.18. The molecule has 1 fully saturated rings. The summed E-state index contributed by atoms with van der Waals surface area (Å²) in [4.78, 5) is 0. The van der Waals surface area contributed by atoms with E-state index in [2.05, 4.69) is 0 Å². The van der Waals surface area contributed by atoms with Gasteiger partial charge in [-0.1, -0.05) is 17.6 Å². The minimum absolute atomic E-state index is 0.0992. The van der Waals surface area contributed by atoms with Crippen LogP contribution < -0.4 is 10.2 Å². The topological polar surface area (TPSA) is 38.7 Å². The molecule has 1 aliphatic rings. The van der Waals surface area contributed by atoms with E-state index in [4.69, 9.17) is 17.3 Å². The van der Waals surface area contributed by atoms with Crippen molar-refractivity contribution in [3.63, 3.8) is 0 Å². The Kier molecular flexibility index (Phi) is 2.98. The van der Waals surface area contributed by atoms with Crippen LogP contribution in [-0.2, 0) is 4.74 Å². The van der Waals surface area contributed by atoms with Gasteiger partial charge in [0, 0.05) is 0 Å². The van der Waals surface area contributed by atoms with Crippen LogP contribution in [0.15, 0.2) is 24.3 Å². The zero-order chi connectivity index (χ0) is 10.7. The number of hydrogen-bond donors (Lipinski definition) is 1. The first-order valence-corrected chi connectivity index (χ1v) is 4.91. The monoisotopic (exact) mass is 204 g/mol. The SMILES string of the molecule is [B]c1ccc(OCC2(CO)COC2)cc1. The van der Waals surface area contributed by atoms with Crippen LogP contribution in [0.2, 0.25) is 0 Å². The molecule has 1 heterocycles. The third-order valence-corrected chi connectivity index (χ3v) is 2.58. The lowest BCUT2D eigenvalue weighted by Gasteiger charge is -2.39. The van der Waals surface area contributed by atoms with Gasteiger partial charge in [0.05, 0.1) is 25.2 Å². The molecule has 0 bridgehead atoms. The van der Waals surface area contributed by atoms with E-state index < -0.39 is 0 Å². The quantitative estimate of drug-likeness (QED) is 0.694. The standard InChI is InChI=1S/C11H13BO3/c12-9-1-3-10(4-2-9)15-8-11(5-13)6-14-7-11/h1-4,13H,5-8H2. The Morgan fingerprint density at radius 2 is 2.00 bits per heavy atom. The Hall–Kier alpha value is -0.995. The van der Waals surface area contributed by atoms with Crippen molar-refractivity contribution in [3.8, 4) is 5.75 Å². The lowest BCUT2D eigenvalue weighted by Crippen LogP contribution is -2.49. The molecule has 0 aliphatic carbocycles. The summed E-state index contributed by atoms with van der Waals surface area (Å²) in [5, 5.41) is 9.18. The van der Waals surface area contributed by atoms with Gasteiger partial charge < -0.3 is 14.6 Å². The zero-order valence-electron chi connectivity index (χ0n) is 8.48. The normalized spacial score (nSPS) is 18.2. The first kappa shape index (κ1) is 10.5. The summed E-state index contributed by atoms with van der Waals surface area (Å²) in [7, 11) is 5.56. The Balaban J connectivity index is 1.90. The third-order valence-electron chi connectivity index (χ3n) is 2.58. The minimum atomic E-state index is -0.207. The molecule has 3 nitrogen and oxygen atoms in total. The van der Waals surface area contributed by atoms with Gasteiger partial charge in [0.25, 0.3) is 0 Å². The molecule has 0 spiro atoms. The van der Waals surface area contributed by atoms with Gasteiger partial charge in [0.1, 0.15) is 20.2 Å². The fraction of sp³-hybridized carbons (Fsp3) is 0.455. The number of benzene rings is 1. The molecule has 2 radical (unpaired) electrons. The van der Waals surface area contributed by atoms with E-state index in [1.807, 2.05) is 12.1 Å². The van der Waals surface area contributed by atoms with E-state index in [-0.39, 0.29) is 12.0 Å². The molecule has 15 heavy (non-hydrogen) atoms. The van der Waals surface area contributed by atoms with Gasteiger partial charge in [0.15, 0.2) is 0 Å². The fourth-order valence-corrected chi connectivity index (χ4v) is 1.41. The van der Waals surface area contributed by atoms with E-state index in [9.17, 15) is 5.11 Å². The molecule has 2 rings (SSSR count). The number of aliphatic hydroxyl groups excluding tert-OH is 1. The lowest BCUT2D eigenvalue weighted by molar-refractivity contribution is -0.153. The van der Waals surface area contributed by atoms with Crippen LogP contribution in [0.1, 0.15) is 0 Å². The molecule has 1 aromatic rings. The largest absolute Gasteiger partial charge is 0.493 e. The molecule has 0 amide bonds. The fourth-order valence-electron chi connectivity index (χ4n) is 1.41. The summed E-state index contributed by atoms with van der Waals surface area (Å²) in [6.45, 7) is 1.71. The molecular formula is C11H13BO3. The van der Waals surface area contributed by atoms with Crippen LogP contribution in [0, 0.1) is 5.41 Å². The second-order valence-electron chi connectivity index (χ2n) is 4.01. The number of aliphatic hydroxyl groups is 1. The maximum Gasteiger partial charge on any atom is 0.119 e. The summed E-state index contributed by atoms with van der Waals surface area (Å²) >= 11 is 0. The van der Waals surface area contributed by atoms with Crippen molar-refractivity contribution in [2.24, 2.45) is 5.41 Å². The smallest absolute Gasteiger partial charge is 0.119 e. The molecule has 0 aromatic heterocycles. The average molecular weight is 204 g/mol. The van der Waals surface area contributed by atoms with Crippen molar-refractivity contribution in [2.75, 3.05) is 26.4 Å². The molecule has 1 aromatic carbocycles. The highest BCUT2D eigenvalue weighted by molar-refractivity contribution is 6.32. The van der Waals surface area contributed by atoms with E-state index in [1.54, 1.807) is 12.1 Å². The Labute approximate surface area is 90.4 Å². The van der Waals surface area contributed by atoms with E-state index in [1.165, 1.54) is 0 Å². The predicted molar refractivity (Wildman–Crippen MR) is 57.7 cm³/mol. The molecule has 0 atom stereocenters. The third kappa shape index (κ3) is 2.33. The van der Waals surface area contributed by atoms with Crippen molar-refractivity contribution in [1.29, 1.82) is 0 Å². The van der Waals surface area contributed by atoms with Gasteiger partial charge in [-0.2, -0.15) is 0 Å². The molecule has 78 valence electrons. The van der Waals surface area contributed by atoms with Crippen molar-refractivity contribution in [3.05, 3.63) is 24.3 Å². The summed E-state index contributed by atoms with van der Waals surface area (Å²) in [5.41, 5.74) is 0.507. The van der Waals surface area contributed by atoms with Crippen molar-refractivity contribution < 1.29 is 14.6 Å². The van der Waals surface area contributed by atoms with E-state index >= 15 is 0 Å². The van der Waals surface area contributed by atoms with Crippen molar-refractivity contribution in [2.45, 2.75) is 0 Å². The van der Waals surface area contributed by atoms with Gasteiger partial charge >= 0.3 is 0 Å². The Morgan fingerprint density at radius 3 is 2.47 bits per heavy atom. The molecule has 1 aliphatic heterocycles. The first-order valence-electron chi connectivity index (χ1n) is 4.91. The highest BCUT2D eigenvalue weighted by Gasteiger charge is 2.39. The van der Waals surface area contributed by atoms with E-state index in [0.29, 0.717) is 25.3 Å². The number of ether oxygens (including phenoxy) is 2. The molecule has 0 saturated carbocycles.